The maximum absolute atomic E-state index is 12.6. The molecule has 0 atom stereocenters. The van der Waals surface area contributed by atoms with Crippen molar-refractivity contribution in [1.29, 1.82) is 0 Å². The second-order valence-electron chi connectivity index (χ2n) is 5.89. The van der Waals surface area contributed by atoms with E-state index in [4.69, 9.17) is 21.1 Å². The average molecular weight is 394 g/mol. The van der Waals surface area contributed by atoms with Crippen LogP contribution in [0.4, 0.5) is 11.6 Å². The van der Waals surface area contributed by atoms with Crippen molar-refractivity contribution in [3.05, 3.63) is 45.6 Å². The number of carbonyl (C=O) groups excluding carboxylic acids is 1. The first-order chi connectivity index (χ1) is 13.1. The molecule has 1 N–H and O–H groups in total. The Morgan fingerprint density at radius 2 is 2.19 bits per heavy atom. The highest BCUT2D eigenvalue weighted by molar-refractivity contribution is 6.32. The maximum atomic E-state index is 12.6. The number of rotatable bonds is 6. The Balaban J connectivity index is 1.87. The molecule has 0 bridgehead atoms. The van der Waals surface area contributed by atoms with Crippen molar-refractivity contribution in [1.82, 2.24) is 14.5 Å². The van der Waals surface area contributed by atoms with Gasteiger partial charge in [-0.25, -0.2) is 9.97 Å². The third kappa shape index (κ3) is 4.82. The minimum absolute atomic E-state index is 0.181. The largest absolute Gasteiger partial charge is 0.378 e. The first-order valence-corrected chi connectivity index (χ1v) is 8.79. The zero-order chi connectivity index (χ0) is 19.2. The van der Waals surface area contributed by atoms with E-state index in [-0.39, 0.29) is 23.9 Å². The summed E-state index contributed by atoms with van der Waals surface area (Å²) in [6.07, 6.45) is 1.53. The van der Waals surface area contributed by atoms with Crippen molar-refractivity contribution in [3.8, 4) is 0 Å². The molecule has 2 aromatic heterocycles. The molecule has 0 spiro atoms. The Bertz CT molecular complexity index is 867. The highest BCUT2D eigenvalue weighted by Crippen LogP contribution is 2.18. The molecule has 1 aliphatic rings. The first-order valence-electron chi connectivity index (χ1n) is 8.41. The van der Waals surface area contributed by atoms with Crippen molar-refractivity contribution < 1.29 is 14.3 Å². The van der Waals surface area contributed by atoms with Gasteiger partial charge in [-0.05, 0) is 12.1 Å². The molecule has 1 fully saturated rings. The van der Waals surface area contributed by atoms with E-state index in [2.05, 4.69) is 15.3 Å². The number of aromatic nitrogens is 3. The molecule has 9 nitrogen and oxygen atoms in total. The fourth-order valence-electron chi connectivity index (χ4n) is 2.73. The van der Waals surface area contributed by atoms with Gasteiger partial charge in [-0.15, -0.1) is 0 Å². The predicted octanol–water partition coefficient (Wildman–Crippen LogP) is 0.913. The molecule has 1 saturated heterocycles. The third-order valence-electron chi connectivity index (χ3n) is 3.96. The summed E-state index contributed by atoms with van der Waals surface area (Å²) in [6.45, 7) is 2.24. The van der Waals surface area contributed by atoms with Crippen LogP contribution in [0.3, 0.4) is 0 Å². The Hall–Kier alpha value is -2.49. The number of hydrogen-bond acceptors (Lipinski definition) is 7. The summed E-state index contributed by atoms with van der Waals surface area (Å²) in [5.41, 5.74) is 0.566. The standard InChI is InChI=1S/C17H20ClN5O4/c1-26-11-12-9-15(25)23(17(20-12)22-5-7-27-8-6-22)10-14(24)21-13-3-2-4-19-16(13)18/h2-4,9H,5-8,10-11H2,1H3,(H,21,24). The van der Waals surface area contributed by atoms with Crippen LogP contribution in [-0.2, 0) is 27.4 Å². The minimum Gasteiger partial charge on any atom is -0.378 e. The van der Waals surface area contributed by atoms with Gasteiger partial charge in [-0.2, -0.15) is 0 Å². The summed E-state index contributed by atoms with van der Waals surface area (Å²) in [6, 6.07) is 4.67. The SMILES string of the molecule is COCc1cc(=O)n(CC(=O)Nc2cccnc2Cl)c(N2CCOCC2)n1. The molecule has 3 rings (SSSR count). The molecule has 0 aliphatic carbocycles. The molecule has 27 heavy (non-hydrogen) atoms. The Kier molecular flexibility index (Phi) is 6.38. The summed E-state index contributed by atoms with van der Waals surface area (Å²) in [4.78, 5) is 35.5. The lowest BCUT2D eigenvalue weighted by atomic mass is 10.3. The molecular weight excluding hydrogens is 374 g/mol. The van der Waals surface area contributed by atoms with Gasteiger partial charge >= 0.3 is 0 Å². The number of halogens is 1. The molecule has 144 valence electrons. The molecule has 0 radical (unpaired) electrons. The van der Waals surface area contributed by atoms with E-state index < -0.39 is 5.91 Å². The van der Waals surface area contributed by atoms with Crippen molar-refractivity contribution in [2.24, 2.45) is 0 Å². The van der Waals surface area contributed by atoms with Crippen LogP contribution in [0.1, 0.15) is 5.69 Å². The number of amides is 1. The van der Waals surface area contributed by atoms with Crippen molar-refractivity contribution in [2.45, 2.75) is 13.2 Å². The van der Waals surface area contributed by atoms with Gasteiger partial charge in [0.05, 0.1) is 31.2 Å². The lowest BCUT2D eigenvalue weighted by Gasteiger charge is -2.29. The van der Waals surface area contributed by atoms with Gasteiger partial charge in [0.25, 0.3) is 5.56 Å². The maximum Gasteiger partial charge on any atom is 0.255 e. The molecule has 0 saturated carbocycles. The van der Waals surface area contributed by atoms with Crippen LogP contribution < -0.4 is 15.8 Å². The van der Waals surface area contributed by atoms with E-state index in [0.717, 1.165) is 0 Å². The summed E-state index contributed by atoms with van der Waals surface area (Å²) >= 11 is 5.97. The highest BCUT2D eigenvalue weighted by atomic mass is 35.5. The van der Waals surface area contributed by atoms with Gasteiger partial charge in [-0.3, -0.25) is 14.2 Å². The van der Waals surface area contributed by atoms with Gasteiger partial charge in [0.15, 0.2) is 5.15 Å². The molecule has 2 aromatic rings. The molecule has 0 aromatic carbocycles. The summed E-state index contributed by atoms with van der Waals surface area (Å²) < 4.78 is 11.8. The van der Waals surface area contributed by atoms with Crippen molar-refractivity contribution >= 4 is 29.1 Å². The number of nitrogens with zero attached hydrogens (tertiary/aromatic N) is 4. The molecule has 0 unspecified atom stereocenters. The summed E-state index contributed by atoms with van der Waals surface area (Å²) in [7, 11) is 1.53. The smallest absolute Gasteiger partial charge is 0.255 e. The number of carbonyl (C=O) groups is 1. The van der Waals surface area contributed by atoms with Crippen LogP contribution in [0.25, 0.3) is 0 Å². The van der Waals surface area contributed by atoms with Crippen molar-refractivity contribution in [3.63, 3.8) is 0 Å². The molecular formula is C17H20ClN5O4. The number of morpholine rings is 1. The number of methoxy groups -OCH3 is 1. The lowest BCUT2D eigenvalue weighted by molar-refractivity contribution is -0.116. The Labute approximate surface area is 160 Å². The number of ether oxygens (including phenoxy) is 2. The molecule has 1 amide bonds. The normalized spacial score (nSPS) is 14.2. The predicted molar refractivity (Wildman–Crippen MR) is 100 cm³/mol. The van der Waals surface area contributed by atoms with Gasteiger partial charge < -0.3 is 19.7 Å². The monoisotopic (exact) mass is 393 g/mol. The van der Waals surface area contributed by atoms with E-state index in [9.17, 15) is 9.59 Å². The minimum atomic E-state index is -0.400. The second-order valence-corrected chi connectivity index (χ2v) is 6.25. The van der Waals surface area contributed by atoms with Crippen LogP contribution in [0.15, 0.2) is 29.2 Å². The molecule has 3 heterocycles. The fourth-order valence-corrected chi connectivity index (χ4v) is 2.89. The van der Waals surface area contributed by atoms with Crippen molar-refractivity contribution in [2.75, 3.05) is 43.6 Å². The second kappa shape index (κ2) is 8.94. The van der Waals surface area contributed by atoms with Crippen LogP contribution in [0.5, 0.6) is 0 Å². The quantitative estimate of drug-likeness (QED) is 0.728. The van der Waals surface area contributed by atoms with Crippen LogP contribution in [-0.4, -0.2) is 53.9 Å². The molecule has 1 aliphatic heterocycles. The van der Waals surface area contributed by atoms with Crippen LogP contribution >= 0.6 is 11.6 Å². The Morgan fingerprint density at radius 1 is 1.41 bits per heavy atom. The zero-order valence-corrected chi connectivity index (χ0v) is 15.6. The lowest BCUT2D eigenvalue weighted by Crippen LogP contribution is -2.42. The number of anilines is 2. The van der Waals surface area contributed by atoms with Crippen LogP contribution in [0.2, 0.25) is 5.15 Å². The van der Waals surface area contributed by atoms with E-state index in [1.165, 1.54) is 23.9 Å². The van der Waals surface area contributed by atoms with E-state index in [0.29, 0.717) is 43.6 Å². The average Bonchev–Trinajstić information content (AvgIpc) is 2.66. The van der Waals surface area contributed by atoms with Gasteiger partial charge in [0.2, 0.25) is 11.9 Å². The van der Waals surface area contributed by atoms with Gasteiger partial charge in [-0.1, -0.05) is 11.6 Å². The number of nitrogens with one attached hydrogen (secondary N) is 1. The highest BCUT2D eigenvalue weighted by Gasteiger charge is 2.20. The number of pyridine rings is 1. The zero-order valence-electron chi connectivity index (χ0n) is 14.9. The van der Waals surface area contributed by atoms with E-state index in [1.54, 1.807) is 12.1 Å². The Morgan fingerprint density at radius 3 is 2.89 bits per heavy atom. The summed E-state index contributed by atoms with van der Waals surface area (Å²) in [5, 5.41) is 2.85. The third-order valence-corrected chi connectivity index (χ3v) is 4.26. The molecule has 10 heteroatoms. The van der Waals surface area contributed by atoms with Gasteiger partial charge in [0.1, 0.15) is 6.54 Å². The first kappa shape index (κ1) is 19.3. The van der Waals surface area contributed by atoms with E-state index in [1.807, 2.05) is 4.90 Å². The number of hydrogen-bond donors (Lipinski definition) is 1. The van der Waals surface area contributed by atoms with Crippen LogP contribution in [0, 0.1) is 0 Å². The summed E-state index contributed by atoms with van der Waals surface area (Å²) in [5.74, 6) is 0.0214. The topological polar surface area (TPSA) is 98.6 Å². The fraction of sp³-hybridized carbons (Fsp3) is 0.412. The van der Waals surface area contributed by atoms with E-state index >= 15 is 0 Å². The van der Waals surface area contributed by atoms with Gasteiger partial charge in [0, 0.05) is 32.5 Å².